The predicted molar refractivity (Wildman–Crippen MR) is 84.3 cm³/mol. The minimum Gasteiger partial charge on any atom is -0.494 e. The maximum atomic E-state index is 5.76. The van der Waals surface area contributed by atoms with Crippen molar-refractivity contribution >= 4 is 0 Å². The Morgan fingerprint density at radius 1 is 1.30 bits per heavy atom. The van der Waals surface area contributed by atoms with Gasteiger partial charge >= 0.3 is 0 Å². The number of nitrogens with one attached hydrogen (secondary N) is 1. The van der Waals surface area contributed by atoms with E-state index in [4.69, 9.17) is 4.74 Å². The van der Waals surface area contributed by atoms with Gasteiger partial charge in [-0.15, -0.1) is 0 Å². The Morgan fingerprint density at radius 2 is 2.15 bits per heavy atom. The van der Waals surface area contributed by atoms with Crippen molar-refractivity contribution in [2.45, 2.75) is 38.6 Å². The highest BCUT2D eigenvalue weighted by Gasteiger charge is 2.16. The van der Waals surface area contributed by atoms with Gasteiger partial charge in [0.25, 0.3) is 0 Å². The first kappa shape index (κ1) is 15.3. The molecule has 1 aromatic rings. The number of benzene rings is 1. The van der Waals surface area contributed by atoms with Gasteiger partial charge in [0.1, 0.15) is 5.75 Å². The van der Waals surface area contributed by atoms with Crippen molar-refractivity contribution in [1.29, 1.82) is 0 Å². The molecular formula is C17H28N2O. The summed E-state index contributed by atoms with van der Waals surface area (Å²) in [5.74, 6) is 0.980. The third kappa shape index (κ3) is 5.51. The molecule has 0 aliphatic carbocycles. The third-order valence-corrected chi connectivity index (χ3v) is 3.83. The summed E-state index contributed by atoms with van der Waals surface area (Å²) in [4.78, 5) is 2.59. The van der Waals surface area contributed by atoms with E-state index in [-0.39, 0.29) is 0 Å². The number of nitrogens with zero attached hydrogens (tertiary/aromatic N) is 1. The maximum Gasteiger partial charge on any atom is 0.119 e. The van der Waals surface area contributed by atoms with Crippen LogP contribution in [0.4, 0.5) is 0 Å². The van der Waals surface area contributed by atoms with E-state index < -0.39 is 0 Å². The van der Waals surface area contributed by atoms with Gasteiger partial charge in [0.05, 0.1) is 6.61 Å². The number of hydrogen-bond donors (Lipinski definition) is 1. The summed E-state index contributed by atoms with van der Waals surface area (Å²) in [6.45, 7) is 7.81. The van der Waals surface area contributed by atoms with Crippen LogP contribution in [0.3, 0.4) is 0 Å². The highest BCUT2D eigenvalue weighted by molar-refractivity contribution is 5.20. The zero-order valence-corrected chi connectivity index (χ0v) is 12.7. The fourth-order valence-electron chi connectivity index (χ4n) is 2.82. The van der Waals surface area contributed by atoms with Gasteiger partial charge in [-0.25, -0.2) is 0 Å². The van der Waals surface area contributed by atoms with Gasteiger partial charge in [0.15, 0.2) is 0 Å². The van der Waals surface area contributed by atoms with Gasteiger partial charge in [-0.05, 0) is 44.5 Å². The van der Waals surface area contributed by atoms with Gasteiger partial charge in [-0.1, -0.05) is 31.5 Å². The molecule has 0 bridgehead atoms. The van der Waals surface area contributed by atoms with E-state index in [0.717, 1.165) is 25.3 Å². The molecule has 20 heavy (non-hydrogen) atoms. The van der Waals surface area contributed by atoms with Crippen LogP contribution in [-0.2, 0) is 0 Å². The molecule has 1 saturated heterocycles. The van der Waals surface area contributed by atoms with Crippen molar-refractivity contribution in [1.82, 2.24) is 10.2 Å². The van der Waals surface area contributed by atoms with Crippen LogP contribution in [0, 0.1) is 0 Å². The number of rotatable bonds is 7. The zero-order chi connectivity index (χ0) is 14.0. The van der Waals surface area contributed by atoms with Crippen LogP contribution in [0.1, 0.15) is 32.6 Å². The fourth-order valence-corrected chi connectivity index (χ4v) is 2.82. The molecule has 0 spiro atoms. The number of hydrogen-bond acceptors (Lipinski definition) is 3. The van der Waals surface area contributed by atoms with E-state index in [1.165, 1.54) is 38.9 Å². The van der Waals surface area contributed by atoms with Crippen molar-refractivity contribution in [2.75, 3.05) is 32.8 Å². The molecular weight excluding hydrogens is 248 g/mol. The van der Waals surface area contributed by atoms with Gasteiger partial charge in [-0.3, -0.25) is 0 Å². The Bertz CT molecular complexity index is 355. The lowest BCUT2D eigenvalue weighted by Crippen LogP contribution is -2.38. The Kier molecular flexibility index (Phi) is 6.89. The molecule has 0 saturated carbocycles. The highest BCUT2D eigenvalue weighted by atomic mass is 16.5. The summed E-state index contributed by atoms with van der Waals surface area (Å²) in [6.07, 6.45) is 4.92. The molecule has 1 aliphatic rings. The summed E-state index contributed by atoms with van der Waals surface area (Å²) in [7, 11) is 0. The average Bonchev–Trinajstić information content (AvgIpc) is 2.70. The third-order valence-electron chi connectivity index (χ3n) is 3.83. The Hall–Kier alpha value is -1.06. The summed E-state index contributed by atoms with van der Waals surface area (Å²) < 4.78 is 5.76. The molecule has 0 amide bonds. The van der Waals surface area contributed by atoms with Crippen LogP contribution in [0.5, 0.6) is 5.75 Å². The fraction of sp³-hybridized carbons (Fsp3) is 0.647. The Labute approximate surface area is 123 Å². The van der Waals surface area contributed by atoms with Gasteiger partial charge < -0.3 is 15.0 Å². The Balaban J connectivity index is 1.65. The van der Waals surface area contributed by atoms with Crippen LogP contribution >= 0.6 is 0 Å². The van der Waals surface area contributed by atoms with Crippen molar-refractivity contribution in [3.8, 4) is 5.75 Å². The first-order chi connectivity index (χ1) is 9.88. The lowest BCUT2D eigenvalue weighted by atomic mass is 10.1. The van der Waals surface area contributed by atoms with Gasteiger partial charge in [0, 0.05) is 19.1 Å². The summed E-state index contributed by atoms with van der Waals surface area (Å²) in [5, 5.41) is 3.66. The molecule has 1 fully saturated rings. The smallest absolute Gasteiger partial charge is 0.119 e. The zero-order valence-electron chi connectivity index (χ0n) is 12.7. The van der Waals surface area contributed by atoms with Crippen LogP contribution < -0.4 is 10.1 Å². The van der Waals surface area contributed by atoms with E-state index in [1.807, 2.05) is 30.3 Å². The lowest BCUT2D eigenvalue weighted by molar-refractivity contribution is 0.228. The molecule has 1 heterocycles. The lowest BCUT2D eigenvalue weighted by Gasteiger charge is -2.24. The van der Waals surface area contributed by atoms with Crippen LogP contribution in [0.2, 0.25) is 0 Å². The van der Waals surface area contributed by atoms with Crippen molar-refractivity contribution in [3.05, 3.63) is 30.3 Å². The molecule has 2 rings (SSSR count). The SMILES string of the molecule is CCCC1CN(CCCOc2ccccc2)CCCN1. The highest BCUT2D eigenvalue weighted by Crippen LogP contribution is 2.09. The van der Waals surface area contributed by atoms with Crippen LogP contribution in [0.25, 0.3) is 0 Å². The standard InChI is InChI=1S/C17H28N2O/c1-2-8-16-15-19(12-6-11-18-16)13-7-14-20-17-9-4-3-5-10-17/h3-5,9-10,16,18H,2,6-8,11-15H2,1H3. The topological polar surface area (TPSA) is 24.5 Å². The molecule has 3 nitrogen and oxygen atoms in total. The molecule has 1 aliphatic heterocycles. The minimum atomic E-state index is 0.678. The predicted octanol–water partition coefficient (Wildman–Crippen LogP) is 2.92. The molecule has 3 heteroatoms. The first-order valence-electron chi connectivity index (χ1n) is 8.02. The molecule has 1 N–H and O–H groups in total. The van der Waals surface area contributed by atoms with Crippen molar-refractivity contribution < 1.29 is 4.74 Å². The molecule has 0 aromatic heterocycles. The van der Waals surface area contributed by atoms with E-state index in [9.17, 15) is 0 Å². The maximum absolute atomic E-state index is 5.76. The molecule has 112 valence electrons. The largest absolute Gasteiger partial charge is 0.494 e. The summed E-state index contributed by atoms with van der Waals surface area (Å²) >= 11 is 0. The molecule has 0 radical (unpaired) electrons. The Morgan fingerprint density at radius 3 is 2.95 bits per heavy atom. The monoisotopic (exact) mass is 276 g/mol. The van der Waals surface area contributed by atoms with Crippen LogP contribution in [0.15, 0.2) is 30.3 Å². The molecule has 1 unspecified atom stereocenters. The minimum absolute atomic E-state index is 0.678. The van der Waals surface area contributed by atoms with Gasteiger partial charge in [-0.2, -0.15) is 0 Å². The van der Waals surface area contributed by atoms with Crippen molar-refractivity contribution in [2.24, 2.45) is 0 Å². The second-order valence-electron chi connectivity index (χ2n) is 5.61. The molecule has 1 atom stereocenters. The summed E-state index contributed by atoms with van der Waals surface area (Å²) in [5.41, 5.74) is 0. The second-order valence-corrected chi connectivity index (χ2v) is 5.61. The van der Waals surface area contributed by atoms with Crippen molar-refractivity contribution in [3.63, 3.8) is 0 Å². The van der Waals surface area contributed by atoms with E-state index in [1.54, 1.807) is 0 Å². The van der Waals surface area contributed by atoms with Crippen LogP contribution in [-0.4, -0.2) is 43.7 Å². The summed E-state index contributed by atoms with van der Waals surface area (Å²) in [6, 6.07) is 10.8. The first-order valence-corrected chi connectivity index (χ1v) is 8.02. The number of para-hydroxylation sites is 1. The van der Waals surface area contributed by atoms with Gasteiger partial charge in [0.2, 0.25) is 0 Å². The molecule has 1 aromatic carbocycles. The van der Waals surface area contributed by atoms with E-state index in [2.05, 4.69) is 17.1 Å². The second kappa shape index (κ2) is 8.98. The average molecular weight is 276 g/mol. The van der Waals surface area contributed by atoms with E-state index >= 15 is 0 Å². The number of ether oxygens (including phenoxy) is 1. The normalized spacial score (nSPS) is 20.6. The quantitative estimate of drug-likeness (QED) is 0.775. The van der Waals surface area contributed by atoms with E-state index in [0.29, 0.717) is 6.04 Å².